The Kier molecular flexibility index (Phi) is 9.37. The van der Waals surface area contributed by atoms with Crippen molar-refractivity contribution in [3.63, 3.8) is 0 Å². The molecule has 0 bridgehead atoms. The molecule has 0 unspecified atom stereocenters. The first kappa shape index (κ1) is 29.6. The number of hydrogen-bond acceptors (Lipinski definition) is 5. The number of hydrogen-bond donors (Lipinski definition) is 1. The zero-order chi connectivity index (χ0) is 29.0. The molecule has 8 nitrogen and oxygen atoms in total. The monoisotopic (exact) mass is 564 g/mol. The standard InChI is InChI=1S/C33H48N4O4/c1-4-5-16-37-30(38)28(21-25-9-7-6-8-10-25)34-31(39)33(37)14-18-35(19-15-33)22-26-11-12-29-27(20-26)13-17-36(29)32(40)41-23-24(2)3/h11-13,17,20,24-25,28H,4-10,14-16,18-19,21-23H2,1-3H3,(H,34,39)/t28-/m0/s1. The lowest BCUT2D eigenvalue weighted by atomic mass is 9.79. The van der Waals surface area contributed by atoms with Crippen LogP contribution in [0.25, 0.3) is 10.9 Å². The Balaban J connectivity index is 1.23. The summed E-state index contributed by atoms with van der Waals surface area (Å²) in [5, 5.41) is 4.21. The molecule has 2 aliphatic heterocycles. The molecule has 2 saturated heterocycles. The second kappa shape index (κ2) is 13.0. The smallest absolute Gasteiger partial charge is 0.418 e. The normalized spacial score (nSPS) is 22.0. The van der Waals surface area contributed by atoms with Crippen LogP contribution in [0.1, 0.15) is 90.5 Å². The molecule has 3 heterocycles. The number of nitrogens with one attached hydrogen (secondary N) is 1. The average molecular weight is 565 g/mol. The summed E-state index contributed by atoms with van der Waals surface area (Å²) in [5.41, 5.74) is 1.27. The molecule has 3 fully saturated rings. The number of piperazine rings is 1. The highest BCUT2D eigenvalue weighted by Gasteiger charge is 2.53. The lowest BCUT2D eigenvalue weighted by Crippen LogP contribution is -2.73. The number of fused-ring (bicyclic) bond motifs is 1. The molecule has 2 aromatic rings. The zero-order valence-electron chi connectivity index (χ0n) is 25.2. The molecular formula is C33H48N4O4. The van der Waals surface area contributed by atoms with Crippen molar-refractivity contribution in [1.29, 1.82) is 0 Å². The number of carbonyl (C=O) groups excluding carboxylic acids is 3. The maximum absolute atomic E-state index is 13.8. The number of nitrogens with zero attached hydrogens (tertiary/aromatic N) is 3. The van der Waals surface area contributed by atoms with Crippen molar-refractivity contribution in [2.45, 2.75) is 103 Å². The van der Waals surface area contributed by atoms with Gasteiger partial charge in [-0.1, -0.05) is 65.4 Å². The molecule has 41 heavy (non-hydrogen) atoms. The molecule has 2 amide bonds. The quantitative estimate of drug-likeness (QED) is 0.422. The maximum atomic E-state index is 13.8. The van der Waals surface area contributed by atoms with Crippen molar-refractivity contribution in [3.8, 4) is 0 Å². The van der Waals surface area contributed by atoms with Gasteiger partial charge in [0.25, 0.3) is 0 Å². The van der Waals surface area contributed by atoms with E-state index in [4.69, 9.17) is 4.74 Å². The van der Waals surface area contributed by atoms with Gasteiger partial charge in [-0.05, 0) is 61.3 Å². The van der Waals surface area contributed by atoms with Gasteiger partial charge in [0, 0.05) is 37.8 Å². The van der Waals surface area contributed by atoms with E-state index in [-0.39, 0.29) is 29.9 Å². The van der Waals surface area contributed by atoms with Crippen LogP contribution in [-0.2, 0) is 20.9 Å². The van der Waals surface area contributed by atoms with Crippen molar-refractivity contribution in [2.75, 3.05) is 26.2 Å². The average Bonchev–Trinajstić information content (AvgIpc) is 3.40. The zero-order valence-corrected chi connectivity index (χ0v) is 25.2. The van der Waals surface area contributed by atoms with Crippen LogP contribution in [0.15, 0.2) is 30.5 Å². The van der Waals surface area contributed by atoms with Gasteiger partial charge in [-0.3, -0.25) is 19.1 Å². The second-order valence-corrected chi connectivity index (χ2v) is 13.0. The number of likely N-dealkylation sites (tertiary alicyclic amines) is 1. The van der Waals surface area contributed by atoms with Crippen molar-refractivity contribution in [3.05, 3.63) is 36.0 Å². The molecule has 1 atom stereocenters. The Morgan fingerprint density at radius 2 is 1.85 bits per heavy atom. The summed E-state index contributed by atoms with van der Waals surface area (Å²) in [6.07, 6.45) is 11.6. The van der Waals surface area contributed by atoms with E-state index in [9.17, 15) is 14.4 Å². The summed E-state index contributed by atoms with van der Waals surface area (Å²) in [5.74, 6) is 1.03. The van der Waals surface area contributed by atoms with E-state index in [0.29, 0.717) is 31.9 Å². The maximum Gasteiger partial charge on any atom is 0.418 e. The van der Waals surface area contributed by atoms with Crippen molar-refractivity contribution in [1.82, 2.24) is 19.7 Å². The molecule has 1 aromatic carbocycles. The van der Waals surface area contributed by atoms with Crippen LogP contribution in [0.2, 0.25) is 0 Å². The summed E-state index contributed by atoms with van der Waals surface area (Å²) in [6, 6.07) is 7.77. The van der Waals surface area contributed by atoms with Gasteiger partial charge in [-0.15, -0.1) is 0 Å². The Hall–Kier alpha value is -2.87. The minimum absolute atomic E-state index is 0.0563. The third-order valence-corrected chi connectivity index (χ3v) is 9.42. The van der Waals surface area contributed by atoms with Gasteiger partial charge in [0.2, 0.25) is 11.8 Å². The summed E-state index contributed by atoms with van der Waals surface area (Å²) >= 11 is 0. The second-order valence-electron chi connectivity index (χ2n) is 13.0. The summed E-state index contributed by atoms with van der Waals surface area (Å²) in [6.45, 7) is 9.53. The minimum atomic E-state index is -0.733. The highest BCUT2D eigenvalue weighted by atomic mass is 16.5. The molecule has 5 rings (SSSR count). The Morgan fingerprint density at radius 3 is 2.56 bits per heavy atom. The fraction of sp³-hybridized carbons (Fsp3) is 0.667. The van der Waals surface area contributed by atoms with Gasteiger partial charge in [0.05, 0.1) is 12.1 Å². The van der Waals surface area contributed by atoms with Gasteiger partial charge in [0.1, 0.15) is 11.6 Å². The molecule has 224 valence electrons. The van der Waals surface area contributed by atoms with E-state index in [2.05, 4.69) is 29.3 Å². The first-order chi connectivity index (χ1) is 19.8. The Bertz CT molecular complexity index is 1220. The Morgan fingerprint density at radius 1 is 1.10 bits per heavy atom. The lowest BCUT2D eigenvalue weighted by Gasteiger charge is -2.52. The van der Waals surface area contributed by atoms with E-state index in [1.54, 1.807) is 10.8 Å². The fourth-order valence-corrected chi connectivity index (χ4v) is 7.03. The molecule has 0 radical (unpaired) electrons. The van der Waals surface area contributed by atoms with Crippen LogP contribution in [0.3, 0.4) is 0 Å². The van der Waals surface area contributed by atoms with E-state index in [1.165, 1.54) is 37.7 Å². The molecule has 1 saturated carbocycles. The summed E-state index contributed by atoms with van der Waals surface area (Å²) in [4.78, 5) is 44.4. The van der Waals surface area contributed by atoms with E-state index in [0.717, 1.165) is 49.8 Å². The number of benzene rings is 1. The summed E-state index contributed by atoms with van der Waals surface area (Å²) < 4.78 is 6.98. The van der Waals surface area contributed by atoms with Crippen LogP contribution in [0, 0.1) is 11.8 Å². The number of piperidine rings is 1. The van der Waals surface area contributed by atoms with Crippen molar-refractivity contribution < 1.29 is 19.1 Å². The van der Waals surface area contributed by atoms with Gasteiger partial charge < -0.3 is 15.0 Å². The van der Waals surface area contributed by atoms with E-state index in [1.807, 2.05) is 30.9 Å². The highest BCUT2D eigenvalue weighted by Crippen LogP contribution is 2.36. The van der Waals surface area contributed by atoms with E-state index < -0.39 is 5.54 Å². The predicted octanol–water partition coefficient (Wildman–Crippen LogP) is 5.71. The number of amides is 2. The van der Waals surface area contributed by atoms with Crippen molar-refractivity contribution >= 4 is 28.8 Å². The topological polar surface area (TPSA) is 83.9 Å². The third kappa shape index (κ3) is 6.47. The van der Waals surface area contributed by atoms with Gasteiger partial charge in [-0.2, -0.15) is 0 Å². The van der Waals surface area contributed by atoms with Crippen LogP contribution < -0.4 is 5.32 Å². The number of ether oxygens (including phenoxy) is 1. The van der Waals surface area contributed by atoms with Crippen LogP contribution in [0.4, 0.5) is 4.79 Å². The Labute approximate surface area is 244 Å². The molecule has 1 spiro atoms. The molecule has 1 aromatic heterocycles. The highest BCUT2D eigenvalue weighted by molar-refractivity contribution is 6.00. The van der Waals surface area contributed by atoms with Crippen LogP contribution >= 0.6 is 0 Å². The first-order valence-electron chi connectivity index (χ1n) is 15.9. The van der Waals surface area contributed by atoms with Crippen molar-refractivity contribution in [2.24, 2.45) is 11.8 Å². The lowest BCUT2D eigenvalue weighted by molar-refractivity contribution is -0.162. The largest absolute Gasteiger partial charge is 0.449 e. The van der Waals surface area contributed by atoms with Crippen LogP contribution in [-0.4, -0.2) is 70.1 Å². The van der Waals surface area contributed by atoms with Crippen LogP contribution in [0.5, 0.6) is 0 Å². The minimum Gasteiger partial charge on any atom is -0.449 e. The van der Waals surface area contributed by atoms with E-state index >= 15 is 0 Å². The van der Waals surface area contributed by atoms with Gasteiger partial charge in [0.15, 0.2) is 0 Å². The number of rotatable bonds is 9. The number of unbranched alkanes of at least 4 members (excludes halogenated alkanes) is 1. The number of carbonyl (C=O) groups is 3. The summed E-state index contributed by atoms with van der Waals surface area (Å²) in [7, 11) is 0. The van der Waals surface area contributed by atoms with Gasteiger partial charge in [-0.25, -0.2) is 4.79 Å². The SMILES string of the molecule is CCCCN1C(=O)[C@H](CC2CCCCC2)NC(=O)C12CCN(Cc1ccc3c(ccn3C(=O)OCC(C)C)c1)CC2. The predicted molar refractivity (Wildman–Crippen MR) is 161 cm³/mol. The fourth-order valence-electron chi connectivity index (χ4n) is 7.03. The molecule has 1 N–H and O–H groups in total. The molecule has 8 heteroatoms. The number of aromatic nitrogens is 1. The first-order valence-corrected chi connectivity index (χ1v) is 15.9. The third-order valence-electron chi connectivity index (χ3n) is 9.42. The molecule has 3 aliphatic rings. The molecule has 1 aliphatic carbocycles. The van der Waals surface area contributed by atoms with Gasteiger partial charge >= 0.3 is 6.09 Å². The molecular weight excluding hydrogens is 516 g/mol.